The van der Waals surface area contributed by atoms with Gasteiger partial charge in [0.15, 0.2) is 34.8 Å². The van der Waals surface area contributed by atoms with Crippen LogP contribution >= 0.6 is 0 Å². The first-order valence-corrected chi connectivity index (χ1v) is 12.6. The maximum Gasteiger partial charge on any atom is 0.201 e. The highest BCUT2D eigenvalue weighted by atomic mass is 19.2. The molecule has 0 saturated heterocycles. The third kappa shape index (κ3) is 5.54. The van der Waals surface area contributed by atoms with E-state index in [1.807, 2.05) is 6.92 Å². The van der Waals surface area contributed by atoms with Gasteiger partial charge >= 0.3 is 0 Å². The normalized spacial score (nSPS) is 15.4. The van der Waals surface area contributed by atoms with E-state index < -0.39 is 46.0 Å². The Kier molecular flexibility index (Phi) is 8.69. The molecule has 0 amide bonds. The zero-order valence-corrected chi connectivity index (χ0v) is 21.2. The lowest BCUT2D eigenvalue weighted by atomic mass is 9.86. The first-order chi connectivity index (χ1) is 18.3. The van der Waals surface area contributed by atoms with E-state index in [2.05, 4.69) is 0 Å². The highest BCUT2D eigenvalue weighted by Gasteiger charge is 2.24. The molecule has 0 fully saturated rings. The molecular formula is C30H28F6O2. The van der Waals surface area contributed by atoms with Gasteiger partial charge in [-0.1, -0.05) is 37.6 Å². The molecule has 2 nitrogen and oxygen atoms in total. The van der Waals surface area contributed by atoms with Crippen molar-refractivity contribution in [1.29, 1.82) is 0 Å². The van der Waals surface area contributed by atoms with Gasteiger partial charge in [-0.15, -0.1) is 0 Å². The molecule has 0 spiro atoms. The van der Waals surface area contributed by atoms with Crippen molar-refractivity contribution >= 4 is 5.57 Å². The highest BCUT2D eigenvalue weighted by Crippen LogP contribution is 2.37. The van der Waals surface area contributed by atoms with Gasteiger partial charge in [-0.25, -0.2) is 17.6 Å². The van der Waals surface area contributed by atoms with E-state index in [0.29, 0.717) is 43.2 Å². The Morgan fingerprint density at radius 1 is 0.684 bits per heavy atom. The van der Waals surface area contributed by atoms with E-state index in [1.165, 1.54) is 30.3 Å². The monoisotopic (exact) mass is 534 g/mol. The molecule has 8 heteroatoms. The Morgan fingerprint density at radius 2 is 1.26 bits per heavy atom. The molecule has 1 aliphatic carbocycles. The molecule has 0 bridgehead atoms. The molecule has 0 saturated carbocycles. The van der Waals surface area contributed by atoms with Gasteiger partial charge in [0.2, 0.25) is 11.6 Å². The summed E-state index contributed by atoms with van der Waals surface area (Å²) in [7, 11) is 0. The van der Waals surface area contributed by atoms with Crippen LogP contribution in [0.3, 0.4) is 0 Å². The van der Waals surface area contributed by atoms with Crippen molar-refractivity contribution in [2.24, 2.45) is 5.92 Å². The van der Waals surface area contributed by atoms with E-state index in [4.69, 9.17) is 9.47 Å². The predicted octanol–water partition coefficient (Wildman–Crippen LogP) is 8.80. The fraction of sp³-hybridized carbons (Fsp3) is 0.333. The van der Waals surface area contributed by atoms with Crippen LogP contribution in [0.1, 0.15) is 50.7 Å². The van der Waals surface area contributed by atoms with E-state index >= 15 is 4.39 Å². The van der Waals surface area contributed by atoms with E-state index in [0.717, 1.165) is 6.07 Å². The van der Waals surface area contributed by atoms with Crippen LogP contribution in [0.15, 0.2) is 42.5 Å². The fourth-order valence-corrected chi connectivity index (χ4v) is 4.65. The minimum Gasteiger partial charge on any atom is -0.491 e. The van der Waals surface area contributed by atoms with E-state index in [1.54, 1.807) is 13.0 Å². The molecule has 0 radical (unpaired) electrons. The molecular weight excluding hydrogens is 506 g/mol. The van der Waals surface area contributed by atoms with Crippen LogP contribution in [-0.2, 0) is 6.42 Å². The van der Waals surface area contributed by atoms with Gasteiger partial charge < -0.3 is 9.47 Å². The Balaban J connectivity index is 1.46. The maximum absolute atomic E-state index is 15.0. The topological polar surface area (TPSA) is 18.5 Å². The van der Waals surface area contributed by atoms with Crippen molar-refractivity contribution in [3.8, 4) is 22.6 Å². The summed E-state index contributed by atoms with van der Waals surface area (Å²) >= 11 is 0. The Labute approximate surface area is 217 Å². The number of halogens is 6. The standard InChI is InChI=1S/C30H28F6O2/c1-3-5-19-10-14-24(29(35)25(19)31)38-16-17-6-8-18(9-7-17)20-11-12-21(27(33)26(20)32)22-13-15-23(37-4-2)30(36)28(22)34/h8,10-15,17H,3-7,9,16H2,1-2H3. The Morgan fingerprint density at radius 3 is 1.92 bits per heavy atom. The van der Waals surface area contributed by atoms with Crippen molar-refractivity contribution in [3.63, 3.8) is 0 Å². The smallest absolute Gasteiger partial charge is 0.201 e. The second-order valence-corrected chi connectivity index (χ2v) is 9.24. The van der Waals surface area contributed by atoms with Gasteiger partial charge in [0.05, 0.1) is 13.2 Å². The minimum atomic E-state index is -1.32. The number of allylic oxidation sites excluding steroid dienone is 2. The third-order valence-electron chi connectivity index (χ3n) is 6.71. The minimum absolute atomic E-state index is 0.0235. The second kappa shape index (κ2) is 12.0. The molecule has 0 heterocycles. The van der Waals surface area contributed by atoms with E-state index in [9.17, 15) is 22.0 Å². The molecule has 4 rings (SSSR count). The zero-order valence-electron chi connectivity index (χ0n) is 21.2. The van der Waals surface area contributed by atoms with Crippen LogP contribution in [0.25, 0.3) is 16.7 Å². The molecule has 0 aliphatic heterocycles. The van der Waals surface area contributed by atoms with Crippen LogP contribution in [0.4, 0.5) is 26.3 Å². The maximum atomic E-state index is 15.0. The Bertz CT molecular complexity index is 1350. The predicted molar refractivity (Wildman–Crippen MR) is 134 cm³/mol. The largest absolute Gasteiger partial charge is 0.491 e. The quantitative estimate of drug-likeness (QED) is 0.256. The third-order valence-corrected chi connectivity index (χ3v) is 6.71. The van der Waals surface area contributed by atoms with Crippen molar-refractivity contribution in [2.45, 2.75) is 46.0 Å². The van der Waals surface area contributed by atoms with Gasteiger partial charge in [-0.2, -0.15) is 8.78 Å². The van der Waals surface area contributed by atoms with Crippen LogP contribution < -0.4 is 9.47 Å². The zero-order chi connectivity index (χ0) is 27.4. The van der Waals surface area contributed by atoms with Gasteiger partial charge in [0.1, 0.15) is 0 Å². The van der Waals surface area contributed by atoms with Crippen LogP contribution in [-0.4, -0.2) is 13.2 Å². The lowest BCUT2D eigenvalue weighted by molar-refractivity contribution is 0.228. The Hall–Kier alpha value is -3.42. The van der Waals surface area contributed by atoms with Crippen LogP contribution in [0.5, 0.6) is 11.5 Å². The second-order valence-electron chi connectivity index (χ2n) is 9.24. The number of hydrogen-bond donors (Lipinski definition) is 0. The molecule has 0 N–H and O–H groups in total. The molecule has 1 aliphatic rings. The number of hydrogen-bond acceptors (Lipinski definition) is 2. The van der Waals surface area contributed by atoms with Crippen molar-refractivity contribution in [1.82, 2.24) is 0 Å². The number of aryl methyl sites for hydroxylation is 1. The molecule has 3 aromatic rings. The summed E-state index contributed by atoms with van der Waals surface area (Å²) in [6.07, 6.45) is 4.32. The molecule has 1 unspecified atom stereocenters. The van der Waals surface area contributed by atoms with Crippen LogP contribution in [0.2, 0.25) is 0 Å². The summed E-state index contributed by atoms with van der Waals surface area (Å²) in [5, 5.41) is 0. The lowest BCUT2D eigenvalue weighted by Gasteiger charge is -2.23. The summed E-state index contributed by atoms with van der Waals surface area (Å²) in [6.45, 7) is 3.76. The summed E-state index contributed by atoms with van der Waals surface area (Å²) in [5.74, 6) is -7.41. The van der Waals surface area contributed by atoms with Crippen molar-refractivity contribution < 1.29 is 35.8 Å². The number of rotatable bonds is 9. The first-order valence-electron chi connectivity index (χ1n) is 12.6. The fourth-order valence-electron chi connectivity index (χ4n) is 4.65. The van der Waals surface area contributed by atoms with Gasteiger partial charge in [0, 0.05) is 16.7 Å². The molecule has 0 aromatic heterocycles. The van der Waals surface area contributed by atoms with Crippen molar-refractivity contribution in [3.05, 3.63) is 88.5 Å². The van der Waals surface area contributed by atoms with Gasteiger partial charge in [-0.05, 0) is 67.9 Å². The summed E-state index contributed by atoms with van der Waals surface area (Å²) in [5.41, 5.74) is 0.113. The summed E-state index contributed by atoms with van der Waals surface area (Å²) in [4.78, 5) is 0. The van der Waals surface area contributed by atoms with Gasteiger partial charge in [-0.3, -0.25) is 0 Å². The lowest BCUT2D eigenvalue weighted by Crippen LogP contribution is -2.16. The van der Waals surface area contributed by atoms with Gasteiger partial charge in [0.25, 0.3) is 0 Å². The molecule has 1 atom stereocenters. The summed E-state index contributed by atoms with van der Waals surface area (Å²) < 4.78 is 97.9. The molecule has 202 valence electrons. The first kappa shape index (κ1) is 27.6. The molecule has 3 aromatic carbocycles. The SMILES string of the molecule is CCCc1ccc(OCC2CC=C(c3ccc(-c4ccc(OCC)c(F)c4F)c(F)c3F)CC2)c(F)c1F. The van der Waals surface area contributed by atoms with E-state index in [-0.39, 0.29) is 36.2 Å². The number of benzene rings is 3. The van der Waals surface area contributed by atoms with Crippen LogP contribution in [0, 0.1) is 40.8 Å². The molecule has 38 heavy (non-hydrogen) atoms. The number of ether oxygens (including phenoxy) is 2. The highest BCUT2D eigenvalue weighted by molar-refractivity contribution is 5.72. The van der Waals surface area contributed by atoms with Crippen molar-refractivity contribution in [2.75, 3.05) is 13.2 Å². The summed E-state index contributed by atoms with van der Waals surface area (Å²) in [6, 6.07) is 7.84. The average Bonchev–Trinajstić information content (AvgIpc) is 2.92. The average molecular weight is 535 g/mol.